The van der Waals surface area contributed by atoms with Crippen LogP contribution in [0.5, 0.6) is 11.5 Å². The van der Waals surface area contributed by atoms with Crippen LogP contribution in [-0.2, 0) is 28.0 Å². The molecule has 1 unspecified atom stereocenters. The normalized spacial score (nSPS) is 23.1. The van der Waals surface area contributed by atoms with Gasteiger partial charge in [0, 0.05) is 31.1 Å². The number of rotatable bonds is 15. The number of phenols is 1. The van der Waals surface area contributed by atoms with Crippen LogP contribution in [0.3, 0.4) is 0 Å². The number of aliphatic hydroxyl groups is 1. The molecule has 3 atom stereocenters. The SMILES string of the molecule is O=C(O[C@H]1CN2CCC1CC2)C1(NCc2cccc(OCCCCCNC[C@H](O)c3ccc(O)c4[nH]c(=O)ccc34)c2)CCc2ccccc21. The number of hydrogen-bond acceptors (Lipinski definition) is 9. The van der Waals surface area contributed by atoms with Crippen LogP contribution in [0.1, 0.15) is 66.9 Å². The lowest BCUT2D eigenvalue weighted by molar-refractivity contribution is -0.167. The summed E-state index contributed by atoms with van der Waals surface area (Å²) in [6, 6.07) is 22.5. The minimum atomic E-state index is -0.859. The van der Waals surface area contributed by atoms with Crippen LogP contribution < -0.4 is 20.9 Å². The van der Waals surface area contributed by atoms with Crippen LogP contribution >= 0.6 is 0 Å². The predicted octanol–water partition coefficient (Wildman–Crippen LogP) is 4.67. The zero-order valence-corrected chi connectivity index (χ0v) is 28.5. The molecule has 3 fully saturated rings. The number of H-pyrrole nitrogens is 1. The second-order valence-electron chi connectivity index (χ2n) is 14.1. The largest absolute Gasteiger partial charge is 0.506 e. The number of hydrogen-bond donors (Lipinski definition) is 5. The lowest BCUT2D eigenvalue weighted by atomic mass is 9.85. The highest BCUT2D eigenvalue weighted by Crippen LogP contribution is 2.40. The number of esters is 1. The van der Waals surface area contributed by atoms with Gasteiger partial charge in [-0.1, -0.05) is 42.5 Å². The third kappa shape index (κ3) is 7.44. The molecule has 0 spiro atoms. The van der Waals surface area contributed by atoms with Crippen molar-refractivity contribution in [1.29, 1.82) is 0 Å². The minimum absolute atomic E-state index is 0.0208. The fourth-order valence-electron chi connectivity index (χ4n) is 7.98. The first-order valence-electron chi connectivity index (χ1n) is 18.1. The molecule has 4 heterocycles. The molecule has 5 N–H and O–H groups in total. The standard InChI is InChI=1S/C40H48N4O6/c45-34-13-11-31(32-12-14-37(47)43-38(32)34)35(46)25-41-19-4-1-5-22-49-30-9-6-7-27(23-30)24-42-40(18-15-28-8-2-3-10-33(28)40)39(48)50-36-26-44-20-16-29(36)17-21-44/h2-3,6-14,23,29,35-36,41-42,45-46H,1,4-5,15-22,24-26H2,(H,43,47)/t35-,36-,40?/m0/s1. The summed E-state index contributed by atoms with van der Waals surface area (Å²) >= 11 is 0. The van der Waals surface area contributed by atoms with Crippen LogP contribution in [0.4, 0.5) is 0 Å². The molecule has 1 aliphatic carbocycles. The summed E-state index contributed by atoms with van der Waals surface area (Å²) in [5.74, 6) is 1.10. The zero-order chi connectivity index (χ0) is 34.5. The maximum Gasteiger partial charge on any atom is 0.331 e. The van der Waals surface area contributed by atoms with E-state index in [1.807, 2.05) is 30.3 Å². The molecule has 0 radical (unpaired) electrons. The van der Waals surface area contributed by atoms with Crippen LogP contribution in [0.25, 0.3) is 10.9 Å². The summed E-state index contributed by atoms with van der Waals surface area (Å²) in [5, 5.41) is 28.4. The van der Waals surface area contributed by atoms with E-state index in [-0.39, 0.29) is 23.4 Å². The molecule has 0 amide bonds. The number of aromatic nitrogens is 1. The van der Waals surface area contributed by atoms with Gasteiger partial charge in [-0.25, -0.2) is 4.79 Å². The molecule has 10 nitrogen and oxygen atoms in total. The molecule has 10 heteroatoms. The number of fused-ring (bicyclic) bond motifs is 5. The van der Waals surface area contributed by atoms with Crippen molar-refractivity contribution in [2.75, 3.05) is 39.3 Å². The van der Waals surface area contributed by atoms with Gasteiger partial charge in [-0.2, -0.15) is 0 Å². The van der Waals surface area contributed by atoms with Gasteiger partial charge in [0.05, 0.1) is 18.2 Å². The number of nitrogens with zero attached hydrogens (tertiary/aromatic N) is 1. The summed E-state index contributed by atoms with van der Waals surface area (Å²) in [4.78, 5) is 30.8. The van der Waals surface area contributed by atoms with Crippen molar-refractivity contribution < 1.29 is 24.5 Å². The molecule has 3 aliphatic heterocycles. The van der Waals surface area contributed by atoms with Crippen molar-refractivity contribution in [2.45, 2.75) is 69.2 Å². The van der Waals surface area contributed by atoms with Gasteiger partial charge in [0.15, 0.2) is 0 Å². The Morgan fingerprint density at radius 2 is 1.88 bits per heavy atom. The number of aryl methyl sites for hydroxylation is 1. The van der Waals surface area contributed by atoms with Crippen molar-refractivity contribution in [2.24, 2.45) is 5.92 Å². The van der Waals surface area contributed by atoms with Gasteiger partial charge in [0.2, 0.25) is 5.56 Å². The summed E-state index contributed by atoms with van der Waals surface area (Å²) in [7, 11) is 0. The van der Waals surface area contributed by atoms with E-state index < -0.39 is 11.6 Å². The van der Waals surface area contributed by atoms with Gasteiger partial charge >= 0.3 is 5.97 Å². The number of nitrogens with one attached hydrogen (secondary N) is 3. The van der Waals surface area contributed by atoms with E-state index in [9.17, 15) is 19.8 Å². The van der Waals surface area contributed by atoms with Crippen molar-refractivity contribution in [3.05, 3.63) is 105 Å². The van der Waals surface area contributed by atoms with E-state index in [0.29, 0.717) is 48.5 Å². The minimum Gasteiger partial charge on any atom is -0.506 e. The maximum atomic E-state index is 14.0. The highest BCUT2D eigenvalue weighted by atomic mass is 16.5. The first-order valence-corrected chi connectivity index (χ1v) is 18.1. The van der Waals surface area contributed by atoms with Crippen LogP contribution in [0.15, 0.2) is 77.6 Å². The van der Waals surface area contributed by atoms with Crippen molar-refractivity contribution >= 4 is 16.9 Å². The average molecular weight is 681 g/mol. The summed E-state index contributed by atoms with van der Waals surface area (Å²) in [5.41, 5.74) is 3.12. The summed E-state index contributed by atoms with van der Waals surface area (Å²) in [6.45, 7) is 5.29. The summed E-state index contributed by atoms with van der Waals surface area (Å²) in [6.07, 6.45) is 5.73. The second-order valence-corrected chi connectivity index (χ2v) is 14.1. The summed E-state index contributed by atoms with van der Waals surface area (Å²) < 4.78 is 12.4. The Balaban J connectivity index is 0.866. The number of pyridine rings is 1. The quantitative estimate of drug-likeness (QED) is 0.0897. The molecule has 3 saturated heterocycles. The Bertz CT molecular complexity index is 1850. The number of unbranched alkanes of at least 4 members (excludes halogenated alkanes) is 2. The predicted molar refractivity (Wildman–Crippen MR) is 192 cm³/mol. The van der Waals surface area contributed by atoms with Crippen LogP contribution in [0, 0.1) is 5.92 Å². The van der Waals surface area contributed by atoms with Gasteiger partial charge in [-0.05, 0) is 117 Å². The zero-order valence-electron chi connectivity index (χ0n) is 28.5. The van der Waals surface area contributed by atoms with Crippen molar-refractivity contribution in [3.63, 3.8) is 0 Å². The maximum absolute atomic E-state index is 14.0. The topological polar surface area (TPSA) is 136 Å². The molecule has 4 aliphatic rings. The molecule has 1 aromatic heterocycles. The number of aromatic hydroxyl groups is 1. The molecule has 2 bridgehead atoms. The molecule has 0 saturated carbocycles. The number of carbonyl (C=O) groups is 1. The van der Waals surface area contributed by atoms with E-state index in [2.05, 4.69) is 38.7 Å². The van der Waals surface area contributed by atoms with Crippen LogP contribution in [-0.4, -0.2) is 71.5 Å². The van der Waals surface area contributed by atoms with E-state index in [0.717, 1.165) is 81.6 Å². The number of piperidine rings is 3. The van der Waals surface area contributed by atoms with Gasteiger partial charge in [-0.15, -0.1) is 0 Å². The van der Waals surface area contributed by atoms with Gasteiger partial charge in [0.1, 0.15) is 23.1 Å². The monoisotopic (exact) mass is 680 g/mol. The third-order valence-corrected chi connectivity index (χ3v) is 10.8. The highest BCUT2D eigenvalue weighted by molar-refractivity contribution is 5.87. The molecule has 8 rings (SSSR count). The Kier molecular flexibility index (Phi) is 10.5. The van der Waals surface area contributed by atoms with Gasteiger partial charge < -0.3 is 30.0 Å². The number of ether oxygens (including phenoxy) is 2. The first kappa shape index (κ1) is 34.2. The fourth-order valence-corrected chi connectivity index (χ4v) is 7.98. The molecule has 4 aromatic rings. The lowest BCUT2D eigenvalue weighted by Gasteiger charge is -2.45. The third-order valence-electron chi connectivity index (χ3n) is 10.8. The number of phenolic OH excluding ortho intramolecular Hbond substituents is 1. The number of carbonyl (C=O) groups excluding carboxylic acids is 1. The van der Waals surface area contributed by atoms with Crippen molar-refractivity contribution in [1.82, 2.24) is 20.5 Å². The molecular weight excluding hydrogens is 632 g/mol. The Hall–Kier alpha value is -4.22. The van der Waals surface area contributed by atoms with Crippen molar-refractivity contribution in [3.8, 4) is 11.5 Å². The number of aromatic amines is 1. The fraction of sp³-hybridized carbons (Fsp3) is 0.450. The Labute approximate surface area is 292 Å². The van der Waals surface area contributed by atoms with Gasteiger partial charge in [-0.3, -0.25) is 15.0 Å². The lowest BCUT2D eigenvalue weighted by Crippen LogP contribution is -2.55. The van der Waals surface area contributed by atoms with E-state index in [1.165, 1.54) is 17.7 Å². The highest BCUT2D eigenvalue weighted by Gasteiger charge is 2.48. The molecule has 50 heavy (non-hydrogen) atoms. The van der Waals surface area contributed by atoms with E-state index >= 15 is 0 Å². The second kappa shape index (κ2) is 15.3. The van der Waals surface area contributed by atoms with E-state index in [4.69, 9.17) is 9.47 Å². The van der Waals surface area contributed by atoms with E-state index in [1.54, 1.807) is 12.1 Å². The number of aliphatic hydroxyl groups excluding tert-OH is 1. The first-order chi connectivity index (χ1) is 24.4. The van der Waals surface area contributed by atoms with Crippen LogP contribution in [0.2, 0.25) is 0 Å². The Morgan fingerprint density at radius 1 is 1.02 bits per heavy atom. The molecule has 264 valence electrons. The molecule has 3 aromatic carbocycles. The number of benzene rings is 3. The smallest absolute Gasteiger partial charge is 0.331 e. The Morgan fingerprint density at radius 3 is 2.72 bits per heavy atom. The van der Waals surface area contributed by atoms with Gasteiger partial charge in [0.25, 0.3) is 0 Å². The molecular formula is C40H48N4O6. The average Bonchev–Trinajstić information content (AvgIpc) is 3.52.